The number of benzene rings is 2. The van der Waals surface area contributed by atoms with E-state index in [-0.39, 0.29) is 11.9 Å². The molecule has 0 bridgehead atoms. The third-order valence-corrected chi connectivity index (χ3v) is 3.84. The van der Waals surface area contributed by atoms with Crippen molar-refractivity contribution in [3.05, 3.63) is 58.4 Å². The van der Waals surface area contributed by atoms with Crippen molar-refractivity contribution in [3.63, 3.8) is 0 Å². The first-order valence-electron chi connectivity index (χ1n) is 6.61. The van der Waals surface area contributed by atoms with Gasteiger partial charge in [-0.25, -0.2) is 4.39 Å². The number of fused-ring (bicyclic) bond motifs is 1. The minimum Gasteiger partial charge on any atom is -0.493 e. The number of anilines is 1. The Balaban J connectivity index is 1.82. The Bertz CT molecular complexity index is 644. The summed E-state index contributed by atoms with van der Waals surface area (Å²) in [5.74, 6) is 0.663. The predicted octanol–water partition coefficient (Wildman–Crippen LogP) is 4.59. The molecule has 1 heterocycles. The summed E-state index contributed by atoms with van der Waals surface area (Å²) in [6.45, 7) is 2.77. The highest BCUT2D eigenvalue weighted by Crippen LogP contribution is 2.31. The first kappa shape index (κ1) is 13.3. The van der Waals surface area contributed by atoms with Crippen LogP contribution in [0.5, 0.6) is 5.75 Å². The highest BCUT2D eigenvalue weighted by atomic mass is 35.5. The average Bonchev–Trinajstić information content (AvgIpc) is 2.90. The molecule has 0 fully saturated rings. The van der Waals surface area contributed by atoms with Gasteiger partial charge in [0, 0.05) is 12.5 Å². The maximum Gasteiger partial charge on any atom is 0.125 e. The van der Waals surface area contributed by atoms with E-state index in [1.165, 1.54) is 17.7 Å². The molecule has 0 spiro atoms. The van der Waals surface area contributed by atoms with Crippen LogP contribution in [0.4, 0.5) is 10.1 Å². The third-order valence-electron chi connectivity index (χ3n) is 3.51. The van der Waals surface area contributed by atoms with Crippen LogP contribution in [0.1, 0.15) is 24.1 Å². The van der Waals surface area contributed by atoms with Crippen LogP contribution in [0, 0.1) is 5.82 Å². The van der Waals surface area contributed by atoms with Gasteiger partial charge in [-0.05, 0) is 48.4 Å². The van der Waals surface area contributed by atoms with Crippen LogP contribution in [-0.4, -0.2) is 6.61 Å². The fourth-order valence-electron chi connectivity index (χ4n) is 2.40. The van der Waals surface area contributed by atoms with E-state index >= 15 is 0 Å². The van der Waals surface area contributed by atoms with Gasteiger partial charge in [0.15, 0.2) is 0 Å². The quantitative estimate of drug-likeness (QED) is 0.893. The maximum absolute atomic E-state index is 13.3. The summed E-state index contributed by atoms with van der Waals surface area (Å²) in [6, 6.07) is 10.5. The van der Waals surface area contributed by atoms with Gasteiger partial charge >= 0.3 is 0 Å². The summed E-state index contributed by atoms with van der Waals surface area (Å²) in [5, 5.41) is 3.76. The van der Waals surface area contributed by atoms with Gasteiger partial charge in [0.05, 0.1) is 17.3 Å². The minimum atomic E-state index is -0.300. The Labute approximate surface area is 122 Å². The van der Waals surface area contributed by atoms with Gasteiger partial charge in [-0.2, -0.15) is 0 Å². The highest BCUT2D eigenvalue weighted by molar-refractivity contribution is 6.33. The number of rotatable bonds is 3. The molecule has 0 radical (unpaired) electrons. The Morgan fingerprint density at radius 2 is 2.10 bits per heavy atom. The van der Waals surface area contributed by atoms with Crippen molar-refractivity contribution in [3.8, 4) is 5.75 Å². The van der Waals surface area contributed by atoms with E-state index in [4.69, 9.17) is 16.3 Å². The van der Waals surface area contributed by atoms with Gasteiger partial charge in [-0.3, -0.25) is 0 Å². The molecule has 4 heteroatoms. The maximum atomic E-state index is 13.3. The molecule has 1 N–H and O–H groups in total. The van der Waals surface area contributed by atoms with Crippen molar-refractivity contribution >= 4 is 17.3 Å². The molecule has 3 rings (SSSR count). The fourth-order valence-corrected chi connectivity index (χ4v) is 2.57. The molecule has 104 valence electrons. The number of hydrogen-bond acceptors (Lipinski definition) is 2. The summed E-state index contributed by atoms with van der Waals surface area (Å²) >= 11 is 6.07. The number of ether oxygens (including phenoxy) is 1. The van der Waals surface area contributed by atoms with Gasteiger partial charge in [0.2, 0.25) is 0 Å². The van der Waals surface area contributed by atoms with Crippen LogP contribution in [0.25, 0.3) is 0 Å². The molecular weight excluding hydrogens is 277 g/mol. The highest BCUT2D eigenvalue weighted by Gasteiger charge is 2.15. The molecule has 1 atom stereocenters. The zero-order valence-corrected chi connectivity index (χ0v) is 11.9. The van der Waals surface area contributed by atoms with Crippen molar-refractivity contribution in [2.75, 3.05) is 11.9 Å². The minimum absolute atomic E-state index is 0.0419. The number of hydrogen-bond donors (Lipinski definition) is 1. The lowest BCUT2D eigenvalue weighted by molar-refractivity contribution is 0.357. The predicted molar refractivity (Wildman–Crippen MR) is 79.1 cm³/mol. The van der Waals surface area contributed by atoms with E-state index in [0.29, 0.717) is 10.7 Å². The molecule has 1 aliphatic heterocycles. The first-order chi connectivity index (χ1) is 9.63. The van der Waals surface area contributed by atoms with Crippen LogP contribution in [0.2, 0.25) is 5.02 Å². The lowest BCUT2D eigenvalue weighted by Crippen LogP contribution is -2.07. The summed E-state index contributed by atoms with van der Waals surface area (Å²) in [5.41, 5.74) is 2.96. The fraction of sp³-hybridized carbons (Fsp3) is 0.250. The van der Waals surface area contributed by atoms with E-state index in [2.05, 4.69) is 11.4 Å². The average molecular weight is 292 g/mol. The number of nitrogens with one attached hydrogen (secondary N) is 1. The van der Waals surface area contributed by atoms with E-state index in [1.807, 2.05) is 19.1 Å². The Kier molecular flexibility index (Phi) is 3.53. The SMILES string of the molecule is CC(Nc1cc(F)ccc1Cl)c1ccc2c(c1)CCO2. The van der Waals surface area contributed by atoms with Crippen LogP contribution in [0.15, 0.2) is 36.4 Å². The zero-order valence-electron chi connectivity index (χ0n) is 11.1. The largest absolute Gasteiger partial charge is 0.493 e. The topological polar surface area (TPSA) is 21.3 Å². The second-order valence-electron chi connectivity index (χ2n) is 4.96. The Morgan fingerprint density at radius 3 is 2.95 bits per heavy atom. The number of halogens is 2. The first-order valence-corrected chi connectivity index (χ1v) is 6.98. The molecule has 1 aliphatic rings. The van der Waals surface area contributed by atoms with Gasteiger partial charge in [0.1, 0.15) is 11.6 Å². The Hall–Kier alpha value is -1.74. The van der Waals surface area contributed by atoms with Crippen molar-refractivity contribution in [1.29, 1.82) is 0 Å². The summed E-state index contributed by atoms with van der Waals surface area (Å²) in [4.78, 5) is 0. The molecule has 2 aromatic rings. The Morgan fingerprint density at radius 1 is 1.25 bits per heavy atom. The molecule has 0 amide bonds. The smallest absolute Gasteiger partial charge is 0.125 e. The molecule has 1 unspecified atom stereocenters. The molecule has 0 saturated carbocycles. The van der Waals surface area contributed by atoms with E-state index in [9.17, 15) is 4.39 Å². The molecule has 0 saturated heterocycles. The molecular formula is C16H15ClFNO. The summed E-state index contributed by atoms with van der Waals surface area (Å²) in [6.07, 6.45) is 0.941. The third kappa shape index (κ3) is 2.59. The lowest BCUT2D eigenvalue weighted by Gasteiger charge is -2.17. The van der Waals surface area contributed by atoms with Crippen LogP contribution >= 0.6 is 11.6 Å². The summed E-state index contributed by atoms with van der Waals surface area (Å²) < 4.78 is 18.8. The second kappa shape index (κ2) is 5.33. The van der Waals surface area contributed by atoms with Crippen molar-refractivity contribution in [2.45, 2.75) is 19.4 Å². The molecule has 2 aromatic carbocycles. The van der Waals surface area contributed by atoms with Crippen LogP contribution < -0.4 is 10.1 Å². The van der Waals surface area contributed by atoms with Crippen LogP contribution in [0.3, 0.4) is 0 Å². The zero-order chi connectivity index (χ0) is 14.1. The van der Waals surface area contributed by atoms with E-state index in [1.54, 1.807) is 6.07 Å². The van der Waals surface area contributed by atoms with Crippen molar-refractivity contribution in [1.82, 2.24) is 0 Å². The van der Waals surface area contributed by atoms with Crippen molar-refractivity contribution < 1.29 is 9.13 Å². The molecule has 20 heavy (non-hydrogen) atoms. The molecule has 2 nitrogen and oxygen atoms in total. The molecule has 0 aromatic heterocycles. The van der Waals surface area contributed by atoms with Gasteiger partial charge in [-0.15, -0.1) is 0 Å². The second-order valence-corrected chi connectivity index (χ2v) is 5.36. The summed E-state index contributed by atoms with van der Waals surface area (Å²) in [7, 11) is 0. The van der Waals surface area contributed by atoms with Gasteiger partial charge in [0.25, 0.3) is 0 Å². The van der Waals surface area contributed by atoms with Gasteiger partial charge < -0.3 is 10.1 Å². The van der Waals surface area contributed by atoms with E-state index in [0.717, 1.165) is 24.3 Å². The standard InChI is InChI=1S/C16H15ClFNO/c1-10(19-15-9-13(18)3-4-14(15)17)11-2-5-16-12(8-11)6-7-20-16/h2-5,8-10,19H,6-7H2,1H3. The normalized spacial score (nSPS) is 14.6. The van der Waals surface area contributed by atoms with Crippen LogP contribution in [-0.2, 0) is 6.42 Å². The van der Waals surface area contributed by atoms with Gasteiger partial charge in [-0.1, -0.05) is 17.7 Å². The lowest BCUT2D eigenvalue weighted by atomic mass is 10.0. The van der Waals surface area contributed by atoms with E-state index < -0.39 is 0 Å². The monoisotopic (exact) mass is 291 g/mol. The van der Waals surface area contributed by atoms with Crippen molar-refractivity contribution in [2.24, 2.45) is 0 Å². The molecule has 0 aliphatic carbocycles.